The lowest BCUT2D eigenvalue weighted by molar-refractivity contribution is -0.146. The Kier molecular flexibility index (Phi) is 9.32. The quantitative estimate of drug-likeness (QED) is 0.306. The third-order valence-corrected chi connectivity index (χ3v) is 8.16. The second kappa shape index (κ2) is 13.1. The smallest absolute Gasteiger partial charge is 0.252 e. The van der Waals surface area contributed by atoms with Gasteiger partial charge in [-0.15, -0.1) is 0 Å². The van der Waals surface area contributed by atoms with Gasteiger partial charge in [0.2, 0.25) is 5.91 Å². The fourth-order valence-corrected chi connectivity index (χ4v) is 6.13. The van der Waals surface area contributed by atoms with Gasteiger partial charge in [-0.2, -0.15) is 0 Å². The average Bonchev–Trinajstić information content (AvgIpc) is 3.69. The van der Waals surface area contributed by atoms with Crippen LogP contribution in [0.5, 0.6) is 17.2 Å². The minimum absolute atomic E-state index is 0.0286. The molecule has 2 aliphatic heterocycles. The molecule has 4 N–H and O–H groups in total. The summed E-state index contributed by atoms with van der Waals surface area (Å²) >= 11 is 0. The number of hydrogen-bond acceptors (Lipinski definition) is 9. The van der Waals surface area contributed by atoms with Crippen molar-refractivity contribution in [2.75, 3.05) is 40.5 Å². The number of carbonyl (C=O) groups excluding carboxylic acids is 2. The summed E-state index contributed by atoms with van der Waals surface area (Å²) < 4.78 is 23.1. The Labute approximate surface area is 244 Å². The Bertz CT molecular complexity index is 1320. The number of methoxy groups -OCH3 is 2. The molecule has 11 heteroatoms. The molecule has 1 saturated heterocycles. The van der Waals surface area contributed by atoms with Crippen molar-refractivity contribution in [1.82, 2.24) is 10.2 Å². The highest BCUT2D eigenvalue weighted by molar-refractivity contribution is 5.96. The third kappa shape index (κ3) is 5.69. The summed E-state index contributed by atoms with van der Waals surface area (Å²) in [5.41, 5.74) is 2.34. The molecular weight excluding hydrogens is 544 g/mol. The number of ether oxygens (including phenoxy) is 4. The van der Waals surface area contributed by atoms with Crippen LogP contribution < -0.4 is 19.5 Å². The number of rotatable bonds is 11. The number of aliphatic hydroxyl groups excluding tert-OH is 3. The molecule has 1 fully saturated rings. The van der Waals surface area contributed by atoms with Crippen LogP contribution in [0, 0.1) is 0 Å². The molecule has 1 unspecified atom stereocenters. The Morgan fingerprint density at radius 2 is 1.90 bits per heavy atom. The van der Waals surface area contributed by atoms with Crippen molar-refractivity contribution in [3.8, 4) is 17.2 Å². The molecule has 0 bridgehead atoms. The summed E-state index contributed by atoms with van der Waals surface area (Å²) in [4.78, 5) is 29.0. The minimum atomic E-state index is -1.21. The molecule has 0 aromatic heterocycles. The standard InChI is InChI=1S/C31H38N2O9/c1-39-23-7-4-3-6-19(23)9-11-33(31(38)24-8-5-13-41-24)22-16-21(30(37)32-10-12-34)26-20-14-18(17-35)15-25(40-2)28(20)42-29(26)27(22)36/h3-4,6-7,14-16,22,24,26-27,29,34-36H,5,8-13,17H2,1-2H3,(H,32,37)/t22-,24?,26+,27+,29+/m1/s1. The van der Waals surface area contributed by atoms with Crippen molar-refractivity contribution in [2.45, 2.75) is 56.1 Å². The molecule has 5 rings (SSSR count). The van der Waals surface area contributed by atoms with Gasteiger partial charge in [-0.1, -0.05) is 18.2 Å². The van der Waals surface area contributed by atoms with Crippen LogP contribution in [0.15, 0.2) is 48.0 Å². The second-order valence-electron chi connectivity index (χ2n) is 10.6. The minimum Gasteiger partial charge on any atom is -0.496 e. The lowest BCUT2D eigenvalue weighted by Crippen LogP contribution is -2.57. The predicted molar refractivity (Wildman–Crippen MR) is 151 cm³/mol. The summed E-state index contributed by atoms with van der Waals surface area (Å²) in [5.74, 6) is 0.0120. The number of benzene rings is 2. The number of carbonyl (C=O) groups is 2. The van der Waals surface area contributed by atoms with Gasteiger partial charge >= 0.3 is 0 Å². The first-order valence-electron chi connectivity index (χ1n) is 14.2. The molecule has 0 saturated carbocycles. The van der Waals surface area contributed by atoms with E-state index in [0.717, 1.165) is 12.0 Å². The zero-order chi connectivity index (χ0) is 29.8. The molecule has 42 heavy (non-hydrogen) atoms. The van der Waals surface area contributed by atoms with Gasteiger partial charge in [-0.05, 0) is 54.7 Å². The number of amides is 2. The van der Waals surface area contributed by atoms with E-state index in [-0.39, 0.29) is 32.2 Å². The van der Waals surface area contributed by atoms with Crippen molar-refractivity contribution in [2.24, 2.45) is 0 Å². The van der Waals surface area contributed by atoms with Crippen molar-refractivity contribution < 1.29 is 43.9 Å². The lowest BCUT2D eigenvalue weighted by atomic mass is 9.77. The number of hydrogen-bond donors (Lipinski definition) is 4. The zero-order valence-electron chi connectivity index (χ0n) is 23.8. The molecule has 2 aromatic rings. The number of fused-ring (bicyclic) bond motifs is 3. The maximum absolute atomic E-state index is 13.9. The molecule has 0 radical (unpaired) electrons. The van der Waals surface area contributed by atoms with Gasteiger partial charge in [-0.25, -0.2) is 0 Å². The van der Waals surface area contributed by atoms with Crippen LogP contribution in [0.25, 0.3) is 0 Å². The van der Waals surface area contributed by atoms with E-state index in [1.54, 1.807) is 30.2 Å². The van der Waals surface area contributed by atoms with Gasteiger partial charge in [-0.3, -0.25) is 9.59 Å². The number of aliphatic hydroxyl groups is 3. The Morgan fingerprint density at radius 3 is 2.60 bits per heavy atom. The van der Waals surface area contributed by atoms with E-state index in [0.29, 0.717) is 53.4 Å². The van der Waals surface area contributed by atoms with Crippen LogP contribution in [0.2, 0.25) is 0 Å². The van der Waals surface area contributed by atoms with Gasteiger partial charge in [0.15, 0.2) is 11.5 Å². The van der Waals surface area contributed by atoms with E-state index in [1.807, 2.05) is 24.3 Å². The first-order chi connectivity index (χ1) is 20.4. The highest BCUT2D eigenvalue weighted by Crippen LogP contribution is 2.51. The summed E-state index contributed by atoms with van der Waals surface area (Å²) in [5, 5.41) is 33.8. The van der Waals surface area contributed by atoms with Crippen LogP contribution >= 0.6 is 0 Å². The van der Waals surface area contributed by atoms with E-state index < -0.39 is 36.2 Å². The van der Waals surface area contributed by atoms with Crippen LogP contribution in [0.3, 0.4) is 0 Å². The normalized spacial score (nSPS) is 24.2. The number of para-hydroxylation sites is 1. The fraction of sp³-hybridized carbons (Fsp3) is 0.484. The molecule has 2 amide bonds. The molecule has 226 valence electrons. The number of nitrogens with one attached hydrogen (secondary N) is 1. The first kappa shape index (κ1) is 29.8. The van der Waals surface area contributed by atoms with Crippen molar-refractivity contribution in [1.29, 1.82) is 0 Å². The van der Waals surface area contributed by atoms with Gasteiger partial charge in [0.05, 0.1) is 39.4 Å². The lowest BCUT2D eigenvalue weighted by Gasteiger charge is -2.41. The van der Waals surface area contributed by atoms with Gasteiger partial charge < -0.3 is 44.5 Å². The number of nitrogens with zero attached hydrogens (tertiary/aromatic N) is 1. The summed E-state index contributed by atoms with van der Waals surface area (Å²) in [7, 11) is 3.07. The Hall–Kier alpha value is -3.64. The fourth-order valence-electron chi connectivity index (χ4n) is 6.13. The van der Waals surface area contributed by atoms with Crippen molar-refractivity contribution >= 4 is 11.8 Å². The van der Waals surface area contributed by atoms with Crippen molar-refractivity contribution in [3.05, 3.63) is 64.7 Å². The molecule has 1 aliphatic carbocycles. The third-order valence-electron chi connectivity index (χ3n) is 8.16. The largest absolute Gasteiger partial charge is 0.496 e. The topological polar surface area (TPSA) is 147 Å². The van der Waals surface area contributed by atoms with Crippen molar-refractivity contribution in [3.63, 3.8) is 0 Å². The summed E-state index contributed by atoms with van der Waals surface area (Å²) in [6, 6.07) is 10.0. The maximum atomic E-state index is 13.9. The zero-order valence-corrected chi connectivity index (χ0v) is 23.8. The van der Waals surface area contributed by atoms with Gasteiger partial charge in [0.25, 0.3) is 5.91 Å². The molecule has 2 aromatic carbocycles. The van der Waals surface area contributed by atoms with E-state index in [4.69, 9.17) is 18.9 Å². The summed E-state index contributed by atoms with van der Waals surface area (Å²) in [6.45, 7) is 0.225. The van der Waals surface area contributed by atoms with Crippen LogP contribution in [0.1, 0.15) is 35.4 Å². The molecule has 5 atom stereocenters. The molecule has 11 nitrogen and oxygen atoms in total. The van der Waals surface area contributed by atoms with E-state index >= 15 is 0 Å². The SMILES string of the molecule is COc1ccccc1CCN(C(=O)C1CCCO1)[C@@H]1C=C(C(=O)NCCO)[C@@H]2c3cc(CO)cc(OC)c3O[C@@H]2[C@H]1O. The molecule has 3 aliphatic rings. The maximum Gasteiger partial charge on any atom is 0.252 e. The monoisotopic (exact) mass is 582 g/mol. The first-order valence-corrected chi connectivity index (χ1v) is 14.2. The average molecular weight is 583 g/mol. The van der Waals surface area contributed by atoms with E-state index in [2.05, 4.69) is 5.32 Å². The Balaban J connectivity index is 1.56. The predicted octanol–water partition coefficient (Wildman–Crippen LogP) is 1.07. The highest BCUT2D eigenvalue weighted by Gasteiger charge is 2.52. The van der Waals surface area contributed by atoms with E-state index in [1.165, 1.54) is 7.11 Å². The van der Waals surface area contributed by atoms with Crippen LogP contribution in [-0.2, 0) is 27.4 Å². The Morgan fingerprint density at radius 1 is 1.12 bits per heavy atom. The van der Waals surface area contributed by atoms with E-state index in [9.17, 15) is 24.9 Å². The molecule has 0 spiro atoms. The van der Waals surface area contributed by atoms with Gasteiger partial charge in [0.1, 0.15) is 24.1 Å². The summed E-state index contributed by atoms with van der Waals surface area (Å²) in [6.07, 6.45) is 0.612. The molecular formula is C31H38N2O9. The van der Waals surface area contributed by atoms with Crippen LogP contribution in [-0.4, -0.2) is 96.9 Å². The highest BCUT2D eigenvalue weighted by atomic mass is 16.5. The second-order valence-corrected chi connectivity index (χ2v) is 10.6. The van der Waals surface area contributed by atoms with Gasteiger partial charge in [0, 0.05) is 30.8 Å². The molecule has 2 heterocycles. The van der Waals surface area contributed by atoms with Crippen LogP contribution in [0.4, 0.5) is 0 Å².